The summed E-state index contributed by atoms with van der Waals surface area (Å²) in [6, 6.07) is 0.589. The Balaban J connectivity index is 2.39. The predicted octanol–water partition coefficient (Wildman–Crippen LogP) is 1.29. The third-order valence-corrected chi connectivity index (χ3v) is 3.70. The first kappa shape index (κ1) is 12.8. The van der Waals surface area contributed by atoms with Crippen molar-refractivity contribution in [2.24, 2.45) is 0 Å². The van der Waals surface area contributed by atoms with Crippen LogP contribution in [0.1, 0.15) is 20.3 Å². The van der Waals surface area contributed by atoms with E-state index < -0.39 is 0 Å². The Hall–Kier alpha value is -0.220. The molecule has 0 radical (unpaired) electrons. The van der Waals surface area contributed by atoms with Gasteiger partial charge in [-0.15, -0.1) is 0 Å². The molecule has 0 saturated carbocycles. The largest absolute Gasteiger partial charge is 0.341 e. The van der Waals surface area contributed by atoms with E-state index in [1.165, 1.54) is 5.75 Å². The van der Waals surface area contributed by atoms with Crippen LogP contribution in [0.2, 0.25) is 0 Å². The van der Waals surface area contributed by atoms with Crippen LogP contribution in [0, 0.1) is 0 Å². The Labute approximate surface area is 97.2 Å². The number of likely N-dealkylation sites (tertiary alicyclic amines) is 1. The molecular weight excluding hydrogens is 208 g/mol. The number of likely N-dealkylation sites (N-methyl/N-ethyl adjacent to an activating group) is 1. The van der Waals surface area contributed by atoms with Crippen molar-refractivity contribution in [3.63, 3.8) is 0 Å². The molecule has 0 N–H and O–H groups in total. The van der Waals surface area contributed by atoms with E-state index in [1.807, 2.05) is 16.7 Å². The maximum Gasteiger partial charge on any atom is 0.219 e. The number of amides is 1. The van der Waals surface area contributed by atoms with Crippen LogP contribution < -0.4 is 0 Å². The summed E-state index contributed by atoms with van der Waals surface area (Å²) in [4.78, 5) is 15.7. The summed E-state index contributed by atoms with van der Waals surface area (Å²) in [6.07, 6.45) is 3.28. The maximum absolute atomic E-state index is 11.2. The normalized spacial score (nSPS) is 21.3. The highest BCUT2D eigenvalue weighted by molar-refractivity contribution is 7.98. The van der Waals surface area contributed by atoms with Gasteiger partial charge in [0.15, 0.2) is 0 Å². The van der Waals surface area contributed by atoms with Gasteiger partial charge in [-0.2, -0.15) is 11.8 Å². The average molecular weight is 230 g/mol. The molecule has 0 spiro atoms. The van der Waals surface area contributed by atoms with Gasteiger partial charge < -0.3 is 4.90 Å². The van der Waals surface area contributed by atoms with Gasteiger partial charge in [0.2, 0.25) is 5.91 Å². The van der Waals surface area contributed by atoms with E-state index in [9.17, 15) is 4.79 Å². The van der Waals surface area contributed by atoms with Crippen LogP contribution in [0.3, 0.4) is 0 Å². The summed E-state index contributed by atoms with van der Waals surface area (Å²) in [5.41, 5.74) is 0. The van der Waals surface area contributed by atoms with Gasteiger partial charge in [0.1, 0.15) is 0 Å². The fourth-order valence-corrected chi connectivity index (χ4v) is 2.55. The number of nitrogens with zero attached hydrogens (tertiary/aromatic N) is 2. The van der Waals surface area contributed by atoms with E-state index in [4.69, 9.17) is 0 Å². The Morgan fingerprint density at radius 3 is 2.80 bits per heavy atom. The van der Waals surface area contributed by atoms with Crippen LogP contribution in [0.25, 0.3) is 0 Å². The first-order chi connectivity index (χ1) is 7.19. The molecule has 1 atom stereocenters. The van der Waals surface area contributed by atoms with Crippen LogP contribution in [0.15, 0.2) is 0 Å². The average Bonchev–Trinajstić information content (AvgIpc) is 2.68. The van der Waals surface area contributed by atoms with E-state index in [2.05, 4.69) is 18.1 Å². The lowest BCUT2D eigenvalue weighted by molar-refractivity contribution is -0.127. The minimum Gasteiger partial charge on any atom is -0.341 e. The molecule has 1 unspecified atom stereocenters. The minimum absolute atomic E-state index is 0.221. The van der Waals surface area contributed by atoms with Crippen molar-refractivity contribution in [3.05, 3.63) is 0 Å². The fraction of sp³-hybridized carbons (Fsp3) is 0.909. The molecule has 3 nitrogen and oxygen atoms in total. The third kappa shape index (κ3) is 3.68. The van der Waals surface area contributed by atoms with Gasteiger partial charge in [0.05, 0.1) is 0 Å². The second-order valence-corrected chi connectivity index (χ2v) is 5.01. The quantitative estimate of drug-likeness (QED) is 0.711. The zero-order chi connectivity index (χ0) is 11.3. The summed E-state index contributed by atoms with van der Waals surface area (Å²) in [7, 11) is 0. The predicted molar refractivity (Wildman–Crippen MR) is 66.3 cm³/mol. The molecule has 1 aliphatic rings. The molecular formula is C11H22N2OS. The van der Waals surface area contributed by atoms with Crippen LogP contribution in [-0.2, 0) is 4.79 Å². The second kappa shape index (κ2) is 6.38. The third-order valence-electron chi connectivity index (χ3n) is 3.11. The van der Waals surface area contributed by atoms with Crippen molar-refractivity contribution in [2.45, 2.75) is 26.3 Å². The lowest BCUT2D eigenvalue weighted by Crippen LogP contribution is -2.39. The Morgan fingerprint density at radius 1 is 1.60 bits per heavy atom. The summed E-state index contributed by atoms with van der Waals surface area (Å²) in [6.45, 7) is 7.98. The topological polar surface area (TPSA) is 23.6 Å². The molecule has 1 aliphatic heterocycles. The molecule has 0 aliphatic carbocycles. The molecule has 1 fully saturated rings. The van der Waals surface area contributed by atoms with Gasteiger partial charge in [0.25, 0.3) is 0 Å². The highest BCUT2D eigenvalue weighted by Crippen LogP contribution is 2.15. The molecule has 0 aromatic heterocycles. The van der Waals surface area contributed by atoms with Gasteiger partial charge in [-0.25, -0.2) is 0 Å². The number of thioether (sulfide) groups is 1. The van der Waals surface area contributed by atoms with Crippen LogP contribution >= 0.6 is 11.8 Å². The van der Waals surface area contributed by atoms with Gasteiger partial charge in [-0.3, -0.25) is 9.69 Å². The number of hydrogen-bond acceptors (Lipinski definition) is 3. The fourth-order valence-electron chi connectivity index (χ4n) is 2.13. The Bertz CT molecular complexity index is 211. The zero-order valence-corrected chi connectivity index (χ0v) is 10.8. The molecule has 15 heavy (non-hydrogen) atoms. The van der Waals surface area contributed by atoms with Gasteiger partial charge in [-0.05, 0) is 19.2 Å². The first-order valence-corrected chi connectivity index (χ1v) is 7.07. The first-order valence-electron chi connectivity index (χ1n) is 5.67. The highest BCUT2D eigenvalue weighted by atomic mass is 32.2. The van der Waals surface area contributed by atoms with Crippen molar-refractivity contribution in [1.82, 2.24) is 9.80 Å². The molecule has 88 valence electrons. The van der Waals surface area contributed by atoms with E-state index in [0.717, 1.165) is 32.6 Å². The monoisotopic (exact) mass is 230 g/mol. The second-order valence-electron chi connectivity index (χ2n) is 4.03. The molecule has 1 heterocycles. The summed E-state index contributed by atoms with van der Waals surface area (Å²) in [5, 5.41) is 0. The van der Waals surface area contributed by atoms with E-state index in [0.29, 0.717) is 6.04 Å². The number of carbonyl (C=O) groups is 1. The SMILES string of the molecule is CCN(CCSC)C1CCN(C(C)=O)C1. The molecule has 4 heteroatoms. The van der Waals surface area contributed by atoms with Crippen molar-refractivity contribution in [3.8, 4) is 0 Å². The number of hydrogen-bond donors (Lipinski definition) is 0. The Morgan fingerprint density at radius 2 is 2.33 bits per heavy atom. The van der Waals surface area contributed by atoms with Gasteiger partial charge in [-0.1, -0.05) is 6.92 Å². The van der Waals surface area contributed by atoms with Crippen molar-refractivity contribution in [2.75, 3.05) is 38.2 Å². The highest BCUT2D eigenvalue weighted by Gasteiger charge is 2.27. The minimum atomic E-state index is 0.221. The smallest absolute Gasteiger partial charge is 0.219 e. The van der Waals surface area contributed by atoms with E-state index in [1.54, 1.807) is 6.92 Å². The van der Waals surface area contributed by atoms with Gasteiger partial charge in [0, 0.05) is 38.4 Å². The van der Waals surface area contributed by atoms with Crippen LogP contribution in [0.4, 0.5) is 0 Å². The summed E-state index contributed by atoms with van der Waals surface area (Å²) >= 11 is 1.89. The van der Waals surface area contributed by atoms with E-state index >= 15 is 0 Å². The van der Waals surface area contributed by atoms with Crippen molar-refractivity contribution in [1.29, 1.82) is 0 Å². The van der Waals surface area contributed by atoms with Crippen LogP contribution in [0.5, 0.6) is 0 Å². The maximum atomic E-state index is 11.2. The summed E-state index contributed by atoms with van der Waals surface area (Å²) < 4.78 is 0. The molecule has 1 saturated heterocycles. The van der Waals surface area contributed by atoms with Gasteiger partial charge >= 0.3 is 0 Å². The van der Waals surface area contributed by atoms with E-state index in [-0.39, 0.29) is 5.91 Å². The lowest BCUT2D eigenvalue weighted by Gasteiger charge is -2.27. The summed E-state index contributed by atoms with van der Waals surface area (Å²) in [5.74, 6) is 1.41. The molecule has 1 rings (SSSR count). The van der Waals surface area contributed by atoms with Crippen LogP contribution in [-0.4, -0.2) is 59.9 Å². The molecule has 0 aromatic rings. The Kier molecular flexibility index (Phi) is 5.47. The zero-order valence-electron chi connectivity index (χ0n) is 10.0. The lowest BCUT2D eigenvalue weighted by atomic mass is 10.2. The van der Waals surface area contributed by atoms with Crippen molar-refractivity contribution >= 4 is 17.7 Å². The molecule has 0 aromatic carbocycles. The molecule has 0 bridgehead atoms. The number of carbonyl (C=O) groups excluding carboxylic acids is 1. The number of rotatable bonds is 5. The molecule has 1 amide bonds. The standard InChI is InChI=1S/C11H22N2OS/c1-4-12(7-8-15-3)11-5-6-13(9-11)10(2)14/h11H,4-9H2,1-3H3. The van der Waals surface area contributed by atoms with Crippen molar-refractivity contribution < 1.29 is 4.79 Å².